The summed E-state index contributed by atoms with van der Waals surface area (Å²) in [6, 6.07) is 22.0. The van der Waals surface area contributed by atoms with Crippen LogP contribution in [-0.4, -0.2) is 45.9 Å². The van der Waals surface area contributed by atoms with Crippen molar-refractivity contribution in [3.05, 3.63) is 95.1 Å². The van der Waals surface area contributed by atoms with Crippen molar-refractivity contribution in [2.75, 3.05) is 30.3 Å². The zero-order valence-electron chi connectivity index (χ0n) is 22.7. The van der Waals surface area contributed by atoms with Crippen LogP contribution in [0.15, 0.2) is 72.8 Å². The highest BCUT2D eigenvalue weighted by atomic mass is 32.2. The molecule has 1 amide bonds. The SMILES string of the molecule is CCCN(c1cc2cc(c1)C(=O)NC(c1ccccc1)COc1cccc(c1)CC(C)(N)COC2)S(C)(=O)=O. The van der Waals surface area contributed by atoms with Gasteiger partial charge in [-0.3, -0.25) is 9.10 Å². The second-order valence-electron chi connectivity index (χ2n) is 10.4. The molecule has 39 heavy (non-hydrogen) atoms. The quantitative estimate of drug-likeness (QED) is 0.492. The van der Waals surface area contributed by atoms with Crippen LogP contribution >= 0.6 is 0 Å². The number of hydrogen-bond donors (Lipinski definition) is 2. The summed E-state index contributed by atoms with van der Waals surface area (Å²) < 4.78 is 38.7. The summed E-state index contributed by atoms with van der Waals surface area (Å²) in [6.07, 6.45) is 2.36. The van der Waals surface area contributed by atoms with Gasteiger partial charge in [0.15, 0.2) is 0 Å². The Morgan fingerprint density at radius 3 is 2.54 bits per heavy atom. The van der Waals surface area contributed by atoms with E-state index in [2.05, 4.69) is 5.32 Å². The molecule has 208 valence electrons. The van der Waals surface area contributed by atoms with Crippen molar-refractivity contribution in [3.8, 4) is 5.75 Å². The van der Waals surface area contributed by atoms with E-state index in [0.29, 0.717) is 42.0 Å². The molecule has 0 saturated heterocycles. The highest BCUT2D eigenvalue weighted by molar-refractivity contribution is 7.92. The van der Waals surface area contributed by atoms with Gasteiger partial charge in [0.2, 0.25) is 10.0 Å². The first kappa shape index (κ1) is 28.6. The molecule has 9 heteroatoms. The molecule has 4 rings (SSSR count). The number of hydrogen-bond acceptors (Lipinski definition) is 6. The van der Waals surface area contributed by atoms with E-state index in [4.69, 9.17) is 15.2 Å². The number of nitrogens with two attached hydrogens (primary N) is 1. The van der Waals surface area contributed by atoms with Crippen molar-refractivity contribution >= 4 is 21.6 Å². The fourth-order valence-electron chi connectivity index (χ4n) is 4.71. The molecule has 3 aromatic rings. The number of benzene rings is 3. The molecule has 0 saturated carbocycles. The lowest BCUT2D eigenvalue weighted by Crippen LogP contribution is -2.43. The van der Waals surface area contributed by atoms with Gasteiger partial charge in [-0.25, -0.2) is 8.42 Å². The predicted molar refractivity (Wildman–Crippen MR) is 153 cm³/mol. The summed E-state index contributed by atoms with van der Waals surface area (Å²) in [4.78, 5) is 13.6. The standard InChI is InChI=1S/C30H37N3O5S/c1-4-13-33(39(3,35)36)26-15-23-14-25(17-26)29(34)32-28(24-10-6-5-7-11-24)20-38-27-12-8-9-22(16-27)18-30(2,31)21-37-19-23/h5-12,14-17,28H,4,13,18-21,31H2,1-3H3,(H,32,34). The Kier molecular flexibility index (Phi) is 8.94. The summed E-state index contributed by atoms with van der Waals surface area (Å²) in [5.74, 6) is 0.337. The van der Waals surface area contributed by atoms with Gasteiger partial charge >= 0.3 is 0 Å². The molecule has 0 aromatic heterocycles. The van der Waals surface area contributed by atoms with Crippen LogP contribution in [0.4, 0.5) is 5.69 Å². The average Bonchev–Trinajstić information content (AvgIpc) is 2.88. The Balaban J connectivity index is 1.76. The monoisotopic (exact) mass is 551 g/mol. The molecule has 0 radical (unpaired) electrons. The third-order valence-electron chi connectivity index (χ3n) is 6.49. The van der Waals surface area contributed by atoms with Crippen molar-refractivity contribution in [2.24, 2.45) is 5.73 Å². The molecule has 2 unspecified atom stereocenters. The van der Waals surface area contributed by atoms with Gasteiger partial charge in [0, 0.05) is 17.6 Å². The first-order valence-electron chi connectivity index (χ1n) is 13.1. The lowest BCUT2D eigenvalue weighted by Gasteiger charge is -2.26. The van der Waals surface area contributed by atoms with Crippen molar-refractivity contribution in [1.29, 1.82) is 0 Å². The van der Waals surface area contributed by atoms with Crippen molar-refractivity contribution in [1.82, 2.24) is 5.32 Å². The number of nitrogens with zero attached hydrogens (tertiary/aromatic N) is 1. The van der Waals surface area contributed by atoms with Crippen LogP contribution in [0.25, 0.3) is 0 Å². The number of anilines is 1. The van der Waals surface area contributed by atoms with Gasteiger partial charge < -0.3 is 20.5 Å². The van der Waals surface area contributed by atoms with Gasteiger partial charge in [0.25, 0.3) is 5.91 Å². The van der Waals surface area contributed by atoms with E-state index in [-0.39, 0.29) is 25.7 Å². The van der Waals surface area contributed by atoms with Crippen molar-refractivity contribution in [3.63, 3.8) is 0 Å². The highest BCUT2D eigenvalue weighted by Crippen LogP contribution is 2.25. The molecule has 8 nitrogen and oxygen atoms in total. The topological polar surface area (TPSA) is 111 Å². The maximum Gasteiger partial charge on any atom is 0.251 e. The van der Waals surface area contributed by atoms with E-state index >= 15 is 0 Å². The lowest BCUT2D eigenvalue weighted by molar-refractivity contribution is 0.0789. The minimum Gasteiger partial charge on any atom is -0.491 e. The Labute approximate surface area is 231 Å². The lowest BCUT2D eigenvalue weighted by atomic mass is 9.94. The van der Waals surface area contributed by atoms with E-state index in [9.17, 15) is 13.2 Å². The first-order chi connectivity index (χ1) is 18.5. The third-order valence-corrected chi connectivity index (χ3v) is 7.68. The smallest absolute Gasteiger partial charge is 0.251 e. The molecule has 3 N–H and O–H groups in total. The van der Waals surface area contributed by atoms with Crippen LogP contribution in [0.1, 0.15) is 53.4 Å². The van der Waals surface area contributed by atoms with Crippen molar-refractivity contribution in [2.45, 2.75) is 44.9 Å². The van der Waals surface area contributed by atoms with Gasteiger partial charge in [-0.2, -0.15) is 0 Å². The van der Waals surface area contributed by atoms with Gasteiger partial charge in [-0.15, -0.1) is 0 Å². The van der Waals surface area contributed by atoms with Crippen LogP contribution in [0.3, 0.4) is 0 Å². The summed E-state index contributed by atoms with van der Waals surface area (Å²) in [5, 5.41) is 3.09. The summed E-state index contributed by atoms with van der Waals surface area (Å²) in [5.41, 5.74) is 9.27. The third kappa shape index (κ3) is 7.81. The van der Waals surface area contributed by atoms with Crippen LogP contribution in [-0.2, 0) is 27.8 Å². The zero-order valence-corrected chi connectivity index (χ0v) is 23.5. The van der Waals surface area contributed by atoms with Gasteiger partial charge in [-0.1, -0.05) is 49.4 Å². The second kappa shape index (κ2) is 12.2. The van der Waals surface area contributed by atoms with Gasteiger partial charge in [0.05, 0.1) is 31.2 Å². The van der Waals surface area contributed by atoms with Crippen molar-refractivity contribution < 1.29 is 22.7 Å². The van der Waals surface area contributed by atoms with E-state index < -0.39 is 21.6 Å². The molecule has 0 spiro atoms. The minimum atomic E-state index is -3.56. The number of amides is 1. The number of carbonyl (C=O) groups excluding carboxylic acids is 1. The molecular weight excluding hydrogens is 514 g/mol. The van der Waals surface area contributed by atoms with E-state index in [1.165, 1.54) is 10.6 Å². The average molecular weight is 552 g/mol. The number of carbonyl (C=O) groups is 1. The number of nitrogens with one attached hydrogen (secondary N) is 1. The largest absolute Gasteiger partial charge is 0.491 e. The fraction of sp³-hybridized carbons (Fsp3) is 0.367. The number of rotatable bonds is 5. The fourth-order valence-corrected chi connectivity index (χ4v) is 5.72. The molecule has 3 aromatic carbocycles. The Morgan fingerprint density at radius 2 is 1.82 bits per heavy atom. The molecular formula is C30H37N3O5S. The van der Waals surface area contributed by atoms with Crippen LogP contribution in [0.2, 0.25) is 0 Å². The summed E-state index contributed by atoms with van der Waals surface area (Å²) in [6.45, 7) is 4.78. The molecule has 0 fully saturated rings. The maximum absolute atomic E-state index is 13.6. The maximum atomic E-state index is 13.6. The molecule has 4 bridgehead atoms. The highest BCUT2D eigenvalue weighted by Gasteiger charge is 2.24. The molecule has 2 atom stereocenters. The summed E-state index contributed by atoms with van der Waals surface area (Å²) >= 11 is 0. The molecule has 1 aliphatic rings. The van der Waals surface area contributed by atoms with E-state index in [0.717, 1.165) is 11.1 Å². The van der Waals surface area contributed by atoms with Crippen LogP contribution < -0.4 is 20.1 Å². The molecule has 0 aliphatic carbocycles. The zero-order chi connectivity index (χ0) is 28.0. The van der Waals surface area contributed by atoms with Crippen LogP contribution in [0.5, 0.6) is 5.75 Å². The summed E-state index contributed by atoms with van der Waals surface area (Å²) in [7, 11) is -3.56. The Bertz CT molecular complexity index is 1390. The Morgan fingerprint density at radius 1 is 1.05 bits per heavy atom. The predicted octanol–water partition coefficient (Wildman–Crippen LogP) is 4.20. The van der Waals surface area contributed by atoms with E-state index in [1.807, 2.05) is 68.4 Å². The van der Waals surface area contributed by atoms with Gasteiger partial charge in [0.1, 0.15) is 12.4 Å². The first-order valence-corrected chi connectivity index (χ1v) is 14.9. The second-order valence-corrected chi connectivity index (χ2v) is 12.3. The van der Waals surface area contributed by atoms with E-state index in [1.54, 1.807) is 18.2 Å². The Hall–Kier alpha value is -3.40. The number of sulfonamides is 1. The number of ether oxygens (including phenoxy) is 2. The normalized spacial score (nSPS) is 20.5. The minimum absolute atomic E-state index is 0.176. The number of fused-ring (bicyclic) bond motifs is 4. The molecule has 1 aliphatic heterocycles. The van der Waals surface area contributed by atoms with Crippen LogP contribution in [0, 0.1) is 0 Å². The van der Waals surface area contributed by atoms with Gasteiger partial charge in [-0.05, 0) is 66.8 Å². The molecule has 1 heterocycles.